The third kappa shape index (κ3) is 7.29. The molecule has 21 atom stereocenters. The summed E-state index contributed by atoms with van der Waals surface area (Å²) in [5.74, 6) is 3.13. The molecule has 0 bridgehead atoms. The number of aliphatic hydroxyl groups excluding tert-OH is 4. The van der Waals surface area contributed by atoms with Crippen molar-refractivity contribution in [1.29, 1.82) is 0 Å². The van der Waals surface area contributed by atoms with Crippen molar-refractivity contribution >= 4 is 11.9 Å². The Hall–Kier alpha value is -0.220. The van der Waals surface area contributed by atoms with Crippen LogP contribution in [0, 0.1) is 92.7 Å². The fourth-order valence-corrected chi connectivity index (χ4v) is 17.7. The zero-order chi connectivity index (χ0) is 40.1. The minimum absolute atomic E-state index is 0. The molecular weight excluding hydrogens is 728 g/mol. The number of fused-ring (bicyclic) bond motifs is 10. The molecule has 8 saturated carbocycles. The number of ether oxygens (including phenoxy) is 1. The zero-order valence-corrected chi connectivity index (χ0v) is 38.7. The monoisotopic (exact) mass is 805 g/mol. The van der Waals surface area contributed by atoms with Crippen LogP contribution in [0.4, 0.5) is 0 Å². The number of hydrogen-bond donors (Lipinski definition) is 4. The van der Waals surface area contributed by atoms with E-state index in [9.17, 15) is 35.1 Å². The van der Waals surface area contributed by atoms with E-state index in [4.69, 9.17) is 4.74 Å². The number of esters is 1. The van der Waals surface area contributed by atoms with Gasteiger partial charge in [0.25, 0.3) is 0 Å². The molecule has 0 heterocycles. The second-order valence-electron chi connectivity index (χ2n) is 22.8. The molecule has 0 radical (unpaired) electrons. The largest absolute Gasteiger partial charge is 1.00 e. The Bertz CT molecular complexity index is 1480. The van der Waals surface area contributed by atoms with E-state index in [1.807, 2.05) is 0 Å². The molecule has 57 heavy (non-hydrogen) atoms. The fourth-order valence-electron chi connectivity index (χ4n) is 17.7. The van der Waals surface area contributed by atoms with Gasteiger partial charge in [-0.05, 0) is 208 Å². The normalized spacial score (nSPS) is 52.4. The molecule has 0 aromatic heterocycles. The Balaban J connectivity index is 0.00000496. The fraction of sp³-hybridized carbons (Fsp3) is 0.958. The van der Waals surface area contributed by atoms with Crippen molar-refractivity contribution in [2.24, 2.45) is 92.7 Å². The average Bonchev–Trinajstić information content (AvgIpc) is 3.70. The van der Waals surface area contributed by atoms with E-state index in [1.165, 1.54) is 19.3 Å². The number of hydrogen-bond acceptors (Lipinski definition) is 8. The summed E-state index contributed by atoms with van der Waals surface area (Å²) in [7, 11) is 0. The van der Waals surface area contributed by atoms with Crippen LogP contribution in [0.25, 0.3) is 0 Å². The first kappa shape index (κ1) is 44.8. The van der Waals surface area contributed by atoms with Crippen molar-refractivity contribution in [1.82, 2.24) is 0 Å². The first-order valence-electron chi connectivity index (χ1n) is 23.5. The molecule has 0 spiro atoms. The number of aliphatic carboxylic acids is 1. The quantitative estimate of drug-likeness (QED) is 0.202. The van der Waals surface area contributed by atoms with Gasteiger partial charge >= 0.3 is 35.5 Å². The van der Waals surface area contributed by atoms with Gasteiger partial charge < -0.3 is 35.1 Å². The number of carboxylic acids is 1. The second-order valence-corrected chi connectivity index (χ2v) is 22.8. The molecule has 6 unspecified atom stereocenters. The maximum Gasteiger partial charge on any atom is 1.00 e. The van der Waals surface area contributed by atoms with Gasteiger partial charge in [0.2, 0.25) is 0 Å². The molecule has 8 rings (SSSR count). The van der Waals surface area contributed by atoms with Gasteiger partial charge in [0.05, 0.1) is 24.4 Å². The van der Waals surface area contributed by atoms with Crippen molar-refractivity contribution in [3.05, 3.63) is 0 Å². The van der Waals surface area contributed by atoms with Gasteiger partial charge in [0.15, 0.2) is 0 Å². The van der Waals surface area contributed by atoms with E-state index >= 15 is 0 Å². The van der Waals surface area contributed by atoms with E-state index in [2.05, 4.69) is 41.5 Å². The van der Waals surface area contributed by atoms with Gasteiger partial charge in [-0.25, -0.2) is 0 Å². The SMILES string of the molecule is C[C@H](CCC(=O)O[C@@H]1CC[C@]2(C)C3C[C@H](O)[C@@]4(C)C(CC[C@@H]4[C@H](C)CCC(=O)[O-])C3[C@H](O)C[C@@H]2C1)[C@H]1CCC2C3CC[C@@H]4C[C@H](O)CC[C@]4(C)C3C[C@H](O)[C@@]21C.[Na+]. The Morgan fingerprint density at radius 3 is 1.89 bits per heavy atom. The number of aliphatic hydroxyl groups is 4. The minimum atomic E-state index is -1.01. The maximum absolute atomic E-state index is 13.5. The van der Waals surface area contributed by atoms with Crippen LogP contribution in [0.2, 0.25) is 0 Å². The van der Waals surface area contributed by atoms with Gasteiger partial charge in [-0.1, -0.05) is 41.5 Å². The van der Waals surface area contributed by atoms with E-state index < -0.39 is 18.2 Å². The van der Waals surface area contributed by atoms with Gasteiger partial charge in [0, 0.05) is 12.4 Å². The summed E-state index contributed by atoms with van der Waals surface area (Å²) in [5, 5.41) is 57.5. The topological polar surface area (TPSA) is 147 Å². The van der Waals surface area contributed by atoms with Crippen LogP contribution >= 0.6 is 0 Å². The molecule has 0 amide bonds. The Morgan fingerprint density at radius 1 is 0.649 bits per heavy atom. The van der Waals surface area contributed by atoms with Crippen molar-refractivity contribution < 1.29 is 69.4 Å². The summed E-state index contributed by atoms with van der Waals surface area (Å²) in [6.07, 6.45) is 14.7. The number of rotatable bonds is 9. The first-order valence-corrected chi connectivity index (χ1v) is 23.5. The van der Waals surface area contributed by atoms with Crippen LogP contribution in [0.15, 0.2) is 0 Å². The molecule has 9 heteroatoms. The van der Waals surface area contributed by atoms with Crippen LogP contribution < -0.4 is 34.7 Å². The Kier molecular flexibility index (Phi) is 13.0. The number of carbonyl (C=O) groups excluding carboxylic acids is 2. The molecule has 0 saturated heterocycles. The Labute approximate surface area is 366 Å². The second kappa shape index (κ2) is 16.5. The smallest absolute Gasteiger partial charge is 0.550 e. The van der Waals surface area contributed by atoms with Crippen molar-refractivity contribution in [3.8, 4) is 0 Å². The van der Waals surface area contributed by atoms with Gasteiger partial charge in [-0.15, -0.1) is 0 Å². The average molecular weight is 805 g/mol. The molecule has 8 aliphatic carbocycles. The molecule has 4 N–H and O–H groups in total. The van der Waals surface area contributed by atoms with E-state index in [0.29, 0.717) is 61.2 Å². The summed E-state index contributed by atoms with van der Waals surface area (Å²) in [4.78, 5) is 24.8. The third-order valence-electron chi connectivity index (χ3n) is 20.9. The standard InChI is InChI=1S/C48H78O8.Na/c1-26(7-15-42(53)54)34-12-14-36-44-38(25-41(52)48(34,36)6)46(4)20-18-31(22-29(46)23-39(44)50)56-43(55)16-8-27(2)33-11-13-35-32-10-9-28-21-30(49)17-19-45(28,3)37(32)24-40(51)47(33,35)5;/h26-41,44,49-52H,7-25H2,1-6H3,(H,53,54);/q;+1/p-1/t26-,27-,28-,29+,30-,31-,32?,33-,34-,35?,36?,37?,38?,39-,40+,41+,44?,45+,46+,47-,48-;/m1./s1. The van der Waals surface area contributed by atoms with Gasteiger partial charge in [-0.2, -0.15) is 0 Å². The summed E-state index contributed by atoms with van der Waals surface area (Å²) < 4.78 is 6.27. The predicted molar refractivity (Wildman–Crippen MR) is 212 cm³/mol. The van der Waals surface area contributed by atoms with E-state index in [0.717, 1.165) is 70.6 Å². The zero-order valence-electron chi connectivity index (χ0n) is 36.7. The number of carboxylic acid groups (broad SMARTS) is 1. The van der Waals surface area contributed by atoms with Crippen LogP contribution in [0.1, 0.15) is 164 Å². The molecule has 8 nitrogen and oxygen atoms in total. The summed E-state index contributed by atoms with van der Waals surface area (Å²) >= 11 is 0. The summed E-state index contributed by atoms with van der Waals surface area (Å²) in [5.41, 5.74) is -0.235. The molecule has 0 aromatic rings. The summed E-state index contributed by atoms with van der Waals surface area (Å²) in [6, 6.07) is 0. The van der Waals surface area contributed by atoms with Gasteiger partial charge in [-0.3, -0.25) is 4.79 Å². The molecule has 8 aliphatic rings. The Morgan fingerprint density at radius 2 is 1.23 bits per heavy atom. The maximum atomic E-state index is 13.5. The predicted octanol–water partition coefficient (Wildman–Crippen LogP) is 4.08. The van der Waals surface area contributed by atoms with E-state index in [1.54, 1.807) is 0 Å². The van der Waals surface area contributed by atoms with Crippen LogP contribution in [-0.2, 0) is 14.3 Å². The van der Waals surface area contributed by atoms with Crippen LogP contribution in [0.3, 0.4) is 0 Å². The molecular formula is C48H77NaO8. The minimum Gasteiger partial charge on any atom is -0.550 e. The molecule has 318 valence electrons. The van der Waals surface area contributed by atoms with E-state index in [-0.39, 0.29) is 117 Å². The van der Waals surface area contributed by atoms with Crippen molar-refractivity contribution in [2.75, 3.05) is 0 Å². The molecule has 0 aromatic carbocycles. The van der Waals surface area contributed by atoms with Crippen LogP contribution in [0.5, 0.6) is 0 Å². The van der Waals surface area contributed by atoms with Crippen molar-refractivity contribution in [2.45, 2.75) is 194 Å². The molecule has 0 aliphatic heterocycles. The van der Waals surface area contributed by atoms with Crippen molar-refractivity contribution in [3.63, 3.8) is 0 Å². The van der Waals surface area contributed by atoms with Gasteiger partial charge in [0.1, 0.15) is 6.10 Å². The first-order chi connectivity index (χ1) is 26.4. The molecule has 8 fully saturated rings. The third-order valence-corrected chi connectivity index (χ3v) is 20.9. The summed E-state index contributed by atoms with van der Waals surface area (Å²) in [6.45, 7) is 13.9. The number of carbonyl (C=O) groups is 2. The van der Waals surface area contributed by atoms with Crippen LogP contribution in [-0.4, -0.2) is 62.9 Å².